The van der Waals surface area contributed by atoms with Gasteiger partial charge in [-0.05, 0) is 31.0 Å². The summed E-state index contributed by atoms with van der Waals surface area (Å²) < 4.78 is 1.91. The van der Waals surface area contributed by atoms with E-state index in [1.807, 2.05) is 41.8 Å². The fourth-order valence-electron chi connectivity index (χ4n) is 2.04. The third-order valence-corrected chi connectivity index (χ3v) is 3.37. The van der Waals surface area contributed by atoms with E-state index in [0.29, 0.717) is 0 Å². The lowest BCUT2D eigenvalue weighted by Crippen LogP contribution is -2.08. The largest absolute Gasteiger partial charge is 0.367 e. The number of aryl methyl sites for hydroxylation is 1. The number of anilines is 1. The van der Waals surface area contributed by atoms with Crippen LogP contribution in [0.5, 0.6) is 0 Å². The maximum atomic E-state index is 5.87. The van der Waals surface area contributed by atoms with Crippen LogP contribution >= 0.6 is 11.6 Å². The Balaban J connectivity index is 1.69. The van der Waals surface area contributed by atoms with E-state index in [1.165, 1.54) is 5.56 Å². The number of aromatic nitrogens is 4. The highest BCUT2D eigenvalue weighted by Gasteiger charge is 2.06. The van der Waals surface area contributed by atoms with Gasteiger partial charge < -0.3 is 5.32 Å². The van der Waals surface area contributed by atoms with Crippen molar-refractivity contribution in [2.45, 2.75) is 13.3 Å². The molecule has 3 aromatic rings. The monoisotopic (exact) mass is 287 g/mol. The van der Waals surface area contributed by atoms with Crippen molar-refractivity contribution >= 4 is 23.1 Å². The summed E-state index contributed by atoms with van der Waals surface area (Å²) >= 11 is 5.87. The lowest BCUT2D eigenvalue weighted by molar-refractivity contribution is 0.988. The van der Waals surface area contributed by atoms with Crippen LogP contribution in [0, 0.1) is 6.92 Å². The minimum Gasteiger partial charge on any atom is -0.367 e. The molecule has 0 unspecified atom stereocenters. The van der Waals surface area contributed by atoms with Gasteiger partial charge in [0.2, 0.25) is 5.65 Å². The first-order valence-corrected chi connectivity index (χ1v) is 6.76. The molecule has 2 heterocycles. The molecule has 0 atom stereocenters. The molecule has 0 amide bonds. The molecule has 0 aliphatic carbocycles. The summed E-state index contributed by atoms with van der Waals surface area (Å²) in [6.07, 6.45) is 4.50. The predicted octanol–water partition coefficient (Wildman–Crippen LogP) is 2.74. The number of fused-ring (bicyclic) bond motifs is 1. The molecule has 0 saturated carbocycles. The first-order valence-electron chi connectivity index (χ1n) is 6.39. The summed E-state index contributed by atoms with van der Waals surface area (Å²) in [6, 6.07) is 7.86. The van der Waals surface area contributed by atoms with E-state index in [1.54, 1.807) is 6.20 Å². The second-order valence-electron chi connectivity index (χ2n) is 4.52. The van der Waals surface area contributed by atoms with Gasteiger partial charge in [-0.15, -0.1) is 10.2 Å². The summed E-state index contributed by atoms with van der Waals surface area (Å²) in [6.45, 7) is 2.69. The Morgan fingerprint density at radius 2 is 2.00 bits per heavy atom. The molecular formula is C14H14ClN5. The van der Waals surface area contributed by atoms with E-state index >= 15 is 0 Å². The molecule has 0 saturated heterocycles. The third kappa shape index (κ3) is 2.58. The third-order valence-electron chi connectivity index (χ3n) is 3.12. The SMILES string of the molecule is Cc1nnc2c(NCCc3ccc(Cl)cc3)nccn12. The molecule has 5 nitrogen and oxygen atoms in total. The highest BCUT2D eigenvalue weighted by atomic mass is 35.5. The summed E-state index contributed by atoms with van der Waals surface area (Å²) in [5, 5.41) is 12.2. The molecule has 2 aromatic heterocycles. The maximum absolute atomic E-state index is 5.87. The lowest BCUT2D eigenvalue weighted by Gasteiger charge is -2.06. The van der Waals surface area contributed by atoms with Crippen molar-refractivity contribution < 1.29 is 0 Å². The summed E-state index contributed by atoms with van der Waals surface area (Å²) in [5.74, 6) is 1.60. The first kappa shape index (κ1) is 12.9. The Morgan fingerprint density at radius 1 is 1.20 bits per heavy atom. The van der Waals surface area contributed by atoms with E-state index in [2.05, 4.69) is 20.5 Å². The van der Waals surface area contributed by atoms with E-state index in [0.717, 1.165) is 35.3 Å². The van der Waals surface area contributed by atoms with Crippen LogP contribution in [-0.2, 0) is 6.42 Å². The van der Waals surface area contributed by atoms with E-state index in [-0.39, 0.29) is 0 Å². The number of hydrogen-bond donors (Lipinski definition) is 1. The van der Waals surface area contributed by atoms with Gasteiger partial charge in [0.25, 0.3) is 0 Å². The Labute approximate surface area is 121 Å². The zero-order valence-electron chi connectivity index (χ0n) is 11.0. The van der Waals surface area contributed by atoms with Crippen molar-refractivity contribution in [2.24, 2.45) is 0 Å². The quantitative estimate of drug-likeness (QED) is 0.802. The van der Waals surface area contributed by atoms with Crippen LogP contribution in [0.3, 0.4) is 0 Å². The maximum Gasteiger partial charge on any atom is 0.203 e. The van der Waals surface area contributed by atoms with E-state index in [9.17, 15) is 0 Å². The normalized spacial score (nSPS) is 10.9. The molecule has 3 rings (SSSR count). The molecular weight excluding hydrogens is 274 g/mol. The molecule has 6 heteroatoms. The number of benzene rings is 1. The van der Waals surface area contributed by atoms with E-state index in [4.69, 9.17) is 11.6 Å². The number of rotatable bonds is 4. The highest BCUT2D eigenvalue weighted by molar-refractivity contribution is 6.30. The highest BCUT2D eigenvalue weighted by Crippen LogP contribution is 2.13. The van der Waals surface area contributed by atoms with Crippen LogP contribution in [0.2, 0.25) is 5.02 Å². The molecule has 0 aliphatic heterocycles. The molecule has 0 radical (unpaired) electrons. The smallest absolute Gasteiger partial charge is 0.203 e. The summed E-state index contributed by atoms with van der Waals surface area (Å²) in [4.78, 5) is 4.31. The van der Waals surface area contributed by atoms with Crippen LogP contribution in [0.4, 0.5) is 5.82 Å². The average molecular weight is 288 g/mol. The Bertz CT molecular complexity index is 720. The number of nitrogens with zero attached hydrogens (tertiary/aromatic N) is 4. The predicted molar refractivity (Wildman–Crippen MR) is 79.2 cm³/mol. The Hall–Kier alpha value is -2.14. The van der Waals surface area contributed by atoms with Crippen molar-refractivity contribution in [3.63, 3.8) is 0 Å². The summed E-state index contributed by atoms with van der Waals surface area (Å²) in [5.41, 5.74) is 1.98. The number of nitrogens with one attached hydrogen (secondary N) is 1. The van der Waals surface area contributed by atoms with Crippen LogP contribution in [0.15, 0.2) is 36.7 Å². The average Bonchev–Trinajstić information content (AvgIpc) is 2.84. The number of halogens is 1. The molecule has 0 bridgehead atoms. The molecule has 0 spiro atoms. The molecule has 1 N–H and O–H groups in total. The van der Waals surface area contributed by atoms with Crippen LogP contribution in [0.25, 0.3) is 5.65 Å². The van der Waals surface area contributed by atoms with Gasteiger partial charge in [0.15, 0.2) is 5.82 Å². The minimum absolute atomic E-state index is 0.751. The van der Waals surface area contributed by atoms with Crippen LogP contribution in [0.1, 0.15) is 11.4 Å². The number of hydrogen-bond acceptors (Lipinski definition) is 4. The Kier molecular flexibility index (Phi) is 3.52. The van der Waals surface area contributed by atoms with Gasteiger partial charge in [-0.2, -0.15) is 0 Å². The van der Waals surface area contributed by atoms with E-state index < -0.39 is 0 Å². The zero-order valence-corrected chi connectivity index (χ0v) is 11.8. The van der Waals surface area contributed by atoms with Gasteiger partial charge in [-0.1, -0.05) is 23.7 Å². The van der Waals surface area contributed by atoms with Gasteiger partial charge in [0, 0.05) is 24.0 Å². The fraction of sp³-hybridized carbons (Fsp3) is 0.214. The zero-order chi connectivity index (χ0) is 13.9. The standard InChI is InChI=1S/C14H14ClN5/c1-10-18-19-14-13(17-8-9-20(10)14)16-7-6-11-2-4-12(15)5-3-11/h2-5,8-9H,6-7H2,1H3,(H,16,17). The second kappa shape index (κ2) is 5.46. The lowest BCUT2D eigenvalue weighted by atomic mass is 10.1. The van der Waals surface area contributed by atoms with Crippen molar-refractivity contribution in [2.75, 3.05) is 11.9 Å². The Morgan fingerprint density at radius 3 is 2.80 bits per heavy atom. The van der Waals surface area contributed by atoms with Crippen molar-refractivity contribution in [1.29, 1.82) is 0 Å². The molecule has 0 aliphatic rings. The topological polar surface area (TPSA) is 55.1 Å². The van der Waals surface area contributed by atoms with Crippen molar-refractivity contribution in [3.8, 4) is 0 Å². The first-order chi connectivity index (χ1) is 9.74. The van der Waals surface area contributed by atoms with Crippen molar-refractivity contribution in [3.05, 3.63) is 53.1 Å². The van der Waals surface area contributed by atoms with Gasteiger partial charge in [0.05, 0.1) is 0 Å². The van der Waals surface area contributed by atoms with Gasteiger partial charge in [-0.25, -0.2) is 4.98 Å². The molecule has 102 valence electrons. The van der Waals surface area contributed by atoms with Gasteiger partial charge in [-0.3, -0.25) is 4.40 Å². The molecule has 1 aromatic carbocycles. The fourth-order valence-corrected chi connectivity index (χ4v) is 2.17. The second-order valence-corrected chi connectivity index (χ2v) is 4.96. The minimum atomic E-state index is 0.751. The summed E-state index contributed by atoms with van der Waals surface area (Å²) in [7, 11) is 0. The van der Waals surface area contributed by atoms with Crippen LogP contribution in [-0.4, -0.2) is 26.1 Å². The van der Waals surface area contributed by atoms with Crippen LogP contribution < -0.4 is 5.32 Å². The molecule has 0 fully saturated rings. The van der Waals surface area contributed by atoms with Gasteiger partial charge >= 0.3 is 0 Å². The molecule has 20 heavy (non-hydrogen) atoms. The van der Waals surface area contributed by atoms with Gasteiger partial charge in [0.1, 0.15) is 5.82 Å². The van der Waals surface area contributed by atoms with Crippen molar-refractivity contribution in [1.82, 2.24) is 19.6 Å².